The van der Waals surface area contributed by atoms with E-state index < -0.39 is 21.9 Å². The highest BCUT2D eigenvalue weighted by molar-refractivity contribution is 7.81. The minimum atomic E-state index is -1.81. The third kappa shape index (κ3) is 2.18. The van der Waals surface area contributed by atoms with Gasteiger partial charge in [0.05, 0.1) is 11.4 Å². The Hall–Kier alpha value is -0.620. The summed E-state index contributed by atoms with van der Waals surface area (Å²) in [4.78, 5) is 10.1. The Morgan fingerprint density at radius 1 is 1.67 bits per heavy atom. The molecule has 1 saturated carbocycles. The molecule has 6 heteroatoms. The Balaban J connectivity index is 2.23. The molecule has 0 saturated heterocycles. The van der Waals surface area contributed by atoms with Crippen LogP contribution in [0.4, 0.5) is 4.79 Å². The average Bonchev–Trinajstić information content (AvgIpc) is 2.68. The zero-order chi connectivity index (χ0) is 9.19. The topological polar surface area (TPSA) is 89.6 Å². The summed E-state index contributed by atoms with van der Waals surface area (Å²) in [6.45, 7) is 0.127. The van der Waals surface area contributed by atoms with Crippen molar-refractivity contribution in [2.45, 2.75) is 24.0 Å². The minimum absolute atomic E-state index is 0.127. The van der Waals surface area contributed by atoms with Gasteiger partial charge in [-0.25, -0.2) is 9.00 Å². The zero-order valence-electron chi connectivity index (χ0n) is 6.49. The van der Waals surface area contributed by atoms with Crippen LogP contribution in [0.5, 0.6) is 0 Å². The maximum Gasteiger partial charge on any atom is 0.404 e. The van der Waals surface area contributed by atoms with Crippen LogP contribution in [0.15, 0.2) is 0 Å². The highest BCUT2D eigenvalue weighted by Crippen LogP contribution is 2.43. The number of rotatable bonds is 4. The summed E-state index contributed by atoms with van der Waals surface area (Å²) < 4.78 is 23.4. The third-order valence-electron chi connectivity index (χ3n) is 1.98. The third-order valence-corrected chi connectivity index (χ3v) is 3.33. The second-order valence-corrected chi connectivity index (χ2v) is 4.21. The van der Waals surface area contributed by atoms with Crippen molar-refractivity contribution in [2.24, 2.45) is 5.73 Å². The Kier molecular flexibility index (Phi) is 2.69. The molecule has 1 unspecified atom stereocenters. The van der Waals surface area contributed by atoms with Crippen molar-refractivity contribution in [1.29, 1.82) is 0 Å². The van der Waals surface area contributed by atoms with Gasteiger partial charge < -0.3 is 15.0 Å². The van der Waals surface area contributed by atoms with Crippen molar-refractivity contribution in [3.8, 4) is 0 Å². The number of hydrogen-bond acceptors (Lipinski definition) is 3. The van der Waals surface area contributed by atoms with E-state index in [0.717, 1.165) is 12.8 Å². The quantitative estimate of drug-likeness (QED) is 0.625. The molecule has 0 aliphatic heterocycles. The zero-order valence-corrected chi connectivity index (χ0v) is 7.30. The molecule has 0 bridgehead atoms. The van der Waals surface area contributed by atoms with E-state index in [4.69, 9.17) is 10.3 Å². The van der Waals surface area contributed by atoms with Crippen LogP contribution in [0.2, 0.25) is 0 Å². The van der Waals surface area contributed by atoms with Crippen LogP contribution in [0.3, 0.4) is 0 Å². The molecule has 1 atom stereocenters. The molecule has 1 aliphatic rings. The number of hydrogen-bond donors (Lipinski definition) is 2. The summed E-state index contributed by atoms with van der Waals surface area (Å²) in [7, 11) is 0. The summed E-state index contributed by atoms with van der Waals surface area (Å²) in [5, 5.41) is 0. The maximum absolute atomic E-state index is 10.7. The Morgan fingerprint density at radius 3 is 2.58 bits per heavy atom. The molecule has 0 spiro atoms. The molecular weight excluding hydrogens is 182 g/mol. The van der Waals surface area contributed by atoms with Gasteiger partial charge in [-0.2, -0.15) is 0 Å². The van der Waals surface area contributed by atoms with E-state index in [2.05, 4.69) is 4.74 Å². The van der Waals surface area contributed by atoms with Crippen molar-refractivity contribution < 1.29 is 18.3 Å². The van der Waals surface area contributed by atoms with Crippen molar-refractivity contribution in [1.82, 2.24) is 0 Å². The van der Waals surface area contributed by atoms with Crippen LogP contribution in [-0.2, 0) is 15.8 Å². The van der Waals surface area contributed by atoms with Crippen molar-refractivity contribution in [3.63, 3.8) is 0 Å². The summed E-state index contributed by atoms with van der Waals surface area (Å²) in [5.74, 6) is 0. The number of amides is 1. The molecule has 1 rings (SSSR count). The van der Waals surface area contributed by atoms with Crippen LogP contribution in [0.1, 0.15) is 19.3 Å². The first kappa shape index (κ1) is 9.47. The molecule has 0 aromatic carbocycles. The van der Waals surface area contributed by atoms with Crippen molar-refractivity contribution in [3.05, 3.63) is 0 Å². The molecule has 5 nitrogen and oxygen atoms in total. The van der Waals surface area contributed by atoms with Gasteiger partial charge in [0.1, 0.15) is 0 Å². The standard InChI is InChI=1S/C6H11NO4S/c7-5(8)11-4-3-6(1-2-6)12(9)10/h1-4H2,(H2,7,8)(H,9,10). The number of carbonyl (C=O) groups excluding carboxylic acids is 1. The monoisotopic (exact) mass is 193 g/mol. The lowest BCUT2D eigenvalue weighted by atomic mass is 10.3. The predicted octanol–water partition coefficient (Wildman–Crippen LogP) is 0.226. The minimum Gasteiger partial charge on any atom is -0.450 e. The van der Waals surface area contributed by atoms with Gasteiger partial charge in [0, 0.05) is 6.42 Å². The summed E-state index contributed by atoms with van der Waals surface area (Å²) >= 11 is -1.81. The van der Waals surface area contributed by atoms with Crippen molar-refractivity contribution >= 4 is 17.2 Å². The van der Waals surface area contributed by atoms with Gasteiger partial charge in [-0.3, -0.25) is 0 Å². The smallest absolute Gasteiger partial charge is 0.404 e. The molecule has 0 radical (unpaired) electrons. The summed E-state index contributed by atoms with van der Waals surface area (Å²) in [5.41, 5.74) is 4.72. The molecule has 12 heavy (non-hydrogen) atoms. The van der Waals surface area contributed by atoms with E-state index in [1.807, 2.05) is 0 Å². The average molecular weight is 193 g/mol. The van der Waals surface area contributed by atoms with Gasteiger partial charge in [-0.1, -0.05) is 0 Å². The lowest BCUT2D eigenvalue weighted by Gasteiger charge is -2.08. The van der Waals surface area contributed by atoms with E-state index in [1.54, 1.807) is 0 Å². The number of primary amides is 1. The fraction of sp³-hybridized carbons (Fsp3) is 0.833. The van der Waals surface area contributed by atoms with E-state index in [9.17, 15) is 9.00 Å². The van der Waals surface area contributed by atoms with Crippen LogP contribution < -0.4 is 5.73 Å². The van der Waals surface area contributed by atoms with Gasteiger partial charge in [-0.05, 0) is 12.8 Å². The highest BCUT2D eigenvalue weighted by atomic mass is 32.2. The van der Waals surface area contributed by atoms with Gasteiger partial charge in [-0.15, -0.1) is 0 Å². The van der Waals surface area contributed by atoms with E-state index in [-0.39, 0.29) is 6.61 Å². The molecule has 70 valence electrons. The largest absolute Gasteiger partial charge is 0.450 e. The number of nitrogens with two attached hydrogens (primary N) is 1. The number of carbonyl (C=O) groups is 1. The SMILES string of the molecule is NC(=O)OCCC1(S(=O)O)CC1. The van der Waals surface area contributed by atoms with Gasteiger partial charge in [0.25, 0.3) is 0 Å². The second-order valence-electron chi connectivity index (χ2n) is 2.85. The Morgan fingerprint density at radius 2 is 2.25 bits per heavy atom. The first-order valence-electron chi connectivity index (χ1n) is 3.60. The van der Waals surface area contributed by atoms with E-state index in [0.29, 0.717) is 6.42 Å². The molecule has 0 heterocycles. The lowest BCUT2D eigenvalue weighted by molar-refractivity contribution is 0.154. The summed E-state index contributed by atoms with van der Waals surface area (Å²) in [6, 6.07) is 0. The normalized spacial score (nSPS) is 21.4. The molecule has 0 aromatic heterocycles. The van der Waals surface area contributed by atoms with Crippen LogP contribution >= 0.6 is 0 Å². The summed E-state index contributed by atoms with van der Waals surface area (Å²) in [6.07, 6.45) is 1.02. The predicted molar refractivity (Wildman–Crippen MR) is 42.9 cm³/mol. The molecule has 1 fully saturated rings. The first-order valence-corrected chi connectivity index (χ1v) is 4.71. The highest BCUT2D eigenvalue weighted by Gasteiger charge is 2.48. The fourth-order valence-electron chi connectivity index (χ4n) is 0.989. The molecule has 1 aliphatic carbocycles. The molecule has 0 aromatic rings. The van der Waals surface area contributed by atoms with E-state index in [1.165, 1.54) is 0 Å². The second kappa shape index (κ2) is 3.40. The lowest BCUT2D eigenvalue weighted by Crippen LogP contribution is -2.21. The van der Waals surface area contributed by atoms with Gasteiger partial charge in [0.15, 0.2) is 11.1 Å². The fourth-order valence-corrected chi connectivity index (χ4v) is 1.70. The molecular formula is C6H11NO4S. The molecule has 3 N–H and O–H groups in total. The van der Waals surface area contributed by atoms with Crippen LogP contribution in [0.25, 0.3) is 0 Å². The molecule has 1 amide bonds. The van der Waals surface area contributed by atoms with Crippen LogP contribution in [-0.4, -0.2) is 26.2 Å². The Bertz CT molecular complexity index is 214. The van der Waals surface area contributed by atoms with E-state index >= 15 is 0 Å². The van der Waals surface area contributed by atoms with Gasteiger partial charge >= 0.3 is 6.09 Å². The van der Waals surface area contributed by atoms with Gasteiger partial charge in [0.2, 0.25) is 0 Å². The number of ether oxygens (including phenoxy) is 1. The maximum atomic E-state index is 10.7. The Labute approximate surface area is 72.6 Å². The van der Waals surface area contributed by atoms with Crippen molar-refractivity contribution in [2.75, 3.05) is 6.61 Å². The van der Waals surface area contributed by atoms with Crippen LogP contribution in [0, 0.1) is 0 Å². The first-order chi connectivity index (χ1) is 5.57.